The second kappa shape index (κ2) is 9.97. The molecule has 7 aromatic rings. The van der Waals surface area contributed by atoms with Crippen molar-refractivity contribution in [1.29, 1.82) is 0 Å². The molecule has 4 bridgehead atoms. The maximum Gasteiger partial charge on any atom is 0.0542 e. The number of aromatic nitrogens is 1. The molecule has 2 heteroatoms. The minimum atomic E-state index is 0.188. The molecule has 48 heavy (non-hydrogen) atoms. The lowest BCUT2D eigenvalue weighted by Gasteiger charge is -2.61. The average molecular weight is 619 g/mol. The van der Waals surface area contributed by atoms with Gasteiger partial charge in [0.25, 0.3) is 0 Å². The predicted octanol–water partition coefficient (Wildman–Crippen LogP) is 12.0. The third kappa shape index (κ3) is 3.58. The fourth-order valence-corrected chi connectivity index (χ4v) is 11.3. The van der Waals surface area contributed by atoms with Crippen molar-refractivity contribution in [1.82, 2.24) is 4.57 Å². The Morgan fingerprint density at radius 1 is 0.458 bits per heavy atom. The molecule has 0 unspecified atom stereocenters. The van der Waals surface area contributed by atoms with Crippen molar-refractivity contribution in [2.45, 2.75) is 37.5 Å². The van der Waals surface area contributed by atoms with Gasteiger partial charge in [0, 0.05) is 38.9 Å². The Labute approximate surface area is 282 Å². The number of hydrogen-bond acceptors (Lipinski definition) is 1. The van der Waals surface area contributed by atoms with E-state index in [4.69, 9.17) is 0 Å². The topological polar surface area (TPSA) is 8.17 Å². The summed E-state index contributed by atoms with van der Waals surface area (Å²) in [6, 6.07) is 54.5. The fraction of sp³-hybridized carbons (Fsp3) is 0.217. The molecule has 0 atom stereocenters. The van der Waals surface area contributed by atoms with Gasteiger partial charge in [-0.1, -0.05) is 84.9 Å². The molecule has 2 nitrogen and oxygen atoms in total. The highest BCUT2D eigenvalue weighted by Crippen LogP contribution is 2.69. The van der Waals surface area contributed by atoms with E-state index >= 15 is 0 Å². The minimum Gasteiger partial charge on any atom is -0.310 e. The van der Waals surface area contributed by atoms with Crippen LogP contribution in [0.15, 0.2) is 146 Å². The molecule has 5 aliphatic rings. The van der Waals surface area contributed by atoms with Crippen molar-refractivity contribution in [3.63, 3.8) is 0 Å². The fourth-order valence-electron chi connectivity index (χ4n) is 11.3. The van der Waals surface area contributed by atoms with Crippen molar-refractivity contribution >= 4 is 38.9 Å². The van der Waals surface area contributed by atoms with E-state index in [2.05, 4.69) is 155 Å². The van der Waals surface area contributed by atoms with Crippen molar-refractivity contribution < 1.29 is 0 Å². The lowest BCUT2D eigenvalue weighted by molar-refractivity contribution is -0.0399. The van der Waals surface area contributed by atoms with Crippen molar-refractivity contribution in [2.75, 3.05) is 4.90 Å². The number of para-hydroxylation sites is 3. The Hall–Kier alpha value is -5.08. The van der Waals surface area contributed by atoms with Crippen LogP contribution in [0.1, 0.15) is 43.2 Å². The molecule has 4 saturated carbocycles. The normalized spacial score (nSPS) is 24.8. The van der Waals surface area contributed by atoms with Crippen LogP contribution in [-0.2, 0) is 5.41 Å². The zero-order chi connectivity index (χ0) is 31.4. The second-order valence-corrected chi connectivity index (χ2v) is 15.0. The van der Waals surface area contributed by atoms with E-state index in [1.165, 1.54) is 87.8 Å². The Morgan fingerprint density at radius 3 is 1.85 bits per heavy atom. The van der Waals surface area contributed by atoms with Gasteiger partial charge in [-0.2, -0.15) is 0 Å². The summed E-state index contributed by atoms with van der Waals surface area (Å²) in [5.41, 5.74) is 13.6. The smallest absolute Gasteiger partial charge is 0.0542 e. The van der Waals surface area contributed by atoms with Gasteiger partial charge in [-0.15, -0.1) is 0 Å². The van der Waals surface area contributed by atoms with Crippen LogP contribution in [0.4, 0.5) is 17.1 Å². The third-order valence-electron chi connectivity index (χ3n) is 12.7. The van der Waals surface area contributed by atoms with Crippen LogP contribution in [-0.4, -0.2) is 4.57 Å². The molecule has 6 aromatic carbocycles. The van der Waals surface area contributed by atoms with Gasteiger partial charge in [-0.3, -0.25) is 0 Å². The molecule has 12 rings (SSSR count). The highest BCUT2D eigenvalue weighted by Gasteiger charge is 2.61. The van der Waals surface area contributed by atoms with Gasteiger partial charge in [0.1, 0.15) is 0 Å². The van der Waals surface area contributed by atoms with E-state index in [-0.39, 0.29) is 5.41 Å². The molecular weight excluding hydrogens is 581 g/mol. The SMILES string of the molecule is c1ccc(N(c2ccc3c(c2)-c2ccccc2C32C3CC4CC(C3)CC2C4)c2ccc3c(c2)c2ccccc2n3-c2ccccc2)cc1. The third-order valence-corrected chi connectivity index (χ3v) is 12.7. The lowest BCUT2D eigenvalue weighted by Crippen LogP contribution is -2.55. The molecule has 0 amide bonds. The number of nitrogens with zero attached hydrogens (tertiary/aromatic N) is 2. The maximum atomic E-state index is 2.54. The van der Waals surface area contributed by atoms with Gasteiger partial charge in [-0.05, 0) is 139 Å². The molecule has 0 radical (unpaired) electrons. The van der Waals surface area contributed by atoms with Gasteiger partial charge in [0.15, 0.2) is 0 Å². The van der Waals surface area contributed by atoms with E-state index < -0.39 is 0 Å². The monoisotopic (exact) mass is 618 g/mol. The first-order valence-corrected chi connectivity index (χ1v) is 18.0. The van der Waals surface area contributed by atoms with Crippen LogP contribution in [0, 0.1) is 23.7 Å². The summed E-state index contributed by atoms with van der Waals surface area (Å²) in [6.45, 7) is 0. The van der Waals surface area contributed by atoms with Gasteiger partial charge in [0.05, 0.1) is 11.0 Å². The molecule has 5 aliphatic carbocycles. The highest BCUT2D eigenvalue weighted by molar-refractivity contribution is 6.10. The molecule has 1 heterocycles. The molecule has 1 aromatic heterocycles. The van der Waals surface area contributed by atoms with Crippen LogP contribution >= 0.6 is 0 Å². The highest BCUT2D eigenvalue weighted by atomic mass is 15.1. The molecule has 0 saturated heterocycles. The largest absolute Gasteiger partial charge is 0.310 e. The summed E-state index contributed by atoms with van der Waals surface area (Å²) in [5, 5.41) is 2.55. The predicted molar refractivity (Wildman–Crippen MR) is 199 cm³/mol. The first kappa shape index (κ1) is 26.9. The summed E-state index contributed by atoms with van der Waals surface area (Å²) >= 11 is 0. The molecule has 0 N–H and O–H groups in total. The molecular formula is C46H38N2. The molecule has 0 aliphatic heterocycles. The van der Waals surface area contributed by atoms with Crippen molar-refractivity contribution in [2.24, 2.45) is 23.7 Å². The summed E-state index contributed by atoms with van der Waals surface area (Å²) in [7, 11) is 0. The van der Waals surface area contributed by atoms with Crippen LogP contribution in [0.25, 0.3) is 38.6 Å². The molecule has 4 fully saturated rings. The maximum absolute atomic E-state index is 2.54. The number of rotatable bonds is 4. The number of fused-ring (bicyclic) bond motifs is 6. The quantitative estimate of drug-likeness (QED) is 0.190. The van der Waals surface area contributed by atoms with Crippen molar-refractivity contribution in [3.05, 3.63) is 157 Å². The summed E-state index contributed by atoms with van der Waals surface area (Å²) in [6.07, 6.45) is 7.13. The standard InChI is InChI=1S/C46H38N2/c1-3-11-34(12-4-1)47(37-20-22-45-41(29-37)39-16-8-10-18-44(39)48(45)35-13-5-2-6-14-35)36-19-21-43-40(28-36)38-15-7-9-17-42(38)46(43)32-24-30-23-31(26-32)27-33(46)25-30/h1-22,28-33H,23-27H2. The van der Waals surface area contributed by atoms with E-state index in [9.17, 15) is 0 Å². The van der Waals surface area contributed by atoms with Gasteiger partial charge in [0.2, 0.25) is 0 Å². The first-order valence-electron chi connectivity index (χ1n) is 18.0. The van der Waals surface area contributed by atoms with Gasteiger partial charge < -0.3 is 9.47 Å². The van der Waals surface area contributed by atoms with E-state index in [1.54, 1.807) is 11.1 Å². The zero-order valence-electron chi connectivity index (χ0n) is 27.1. The Morgan fingerprint density at radius 2 is 1.06 bits per heavy atom. The van der Waals surface area contributed by atoms with Gasteiger partial charge >= 0.3 is 0 Å². The average Bonchev–Trinajstić information content (AvgIpc) is 3.62. The summed E-state index contributed by atoms with van der Waals surface area (Å²) in [4.78, 5) is 2.47. The van der Waals surface area contributed by atoms with E-state index in [0.717, 1.165) is 23.7 Å². The lowest BCUT2D eigenvalue weighted by atomic mass is 9.43. The van der Waals surface area contributed by atoms with Crippen LogP contribution in [0.3, 0.4) is 0 Å². The van der Waals surface area contributed by atoms with Crippen LogP contribution in [0.5, 0.6) is 0 Å². The van der Waals surface area contributed by atoms with Crippen LogP contribution in [0.2, 0.25) is 0 Å². The molecule has 232 valence electrons. The molecule has 1 spiro atoms. The van der Waals surface area contributed by atoms with E-state index in [1.807, 2.05) is 0 Å². The number of anilines is 3. The summed E-state index contributed by atoms with van der Waals surface area (Å²) in [5.74, 6) is 3.45. The van der Waals surface area contributed by atoms with Crippen LogP contribution < -0.4 is 4.90 Å². The Bertz CT molecular complexity index is 2340. The number of hydrogen-bond donors (Lipinski definition) is 0. The second-order valence-electron chi connectivity index (χ2n) is 15.0. The van der Waals surface area contributed by atoms with Gasteiger partial charge in [-0.25, -0.2) is 0 Å². The first-order chi connectivity index (χ1) is 23.8. The number of benzene rings is 6. The summed E-state index contributed by atoms with van der Waals surface area (Å²) < 4.78 is 2.40. The zero-order valence-corrected chi connectivity index (χ0v) is 27.1. The van der Waals surface area contributed by atoms with E-state index in [0.29, 0.717) is 0 Å². The van der Waals surface area contributed by atoms with Crippen molar-refractivity contribution in [3.8, 4) is 16.8 Å². The Balaban J connectivity index is 1.11. The Kier molecular flexibility index (Phi) is 5.59. The minimum absolute atomic E-state index is 0.188.